The highest BCUT2D eigenvalue weighted by atomic mass is 32.2. The van der Waals surface area contributed by atoms with Crippen LogP contribution in [0.2, 0.25) is 0 Å². The van der Waals surface area contributed by atoms with Crippen LogP contribution in [0.15, 0.2) is 52.5 Å². The van der Waals surface area contributed by atoms with E-state index >= 15 is 0 Å². The van der Waals surface area contributed by atoms with Gasteiger partial charge in [-0.05, 0) is 56.2 Å². The SMILES string of the molecule is Cc1cccc(C)c1OCc1nnc(SC(C)C(=O)Nc2ccc(SC(F)F)cc2)n1N. The molecular weight excluding hydrogens is 456 g/mol. The fourth-order valence-electron chi connectivity index (χ4n) is 2.82. The van der Waals surface area contributed by atoms with Gasteiger partial charge in [-0.25, -0.2) is 4.68 Å². The Bertz CT molecular complexity index is 1060. The molecule has 0 radical (unpaired) electrons. The molecule has 11 heteroatoms. The number of para-hydroxylation sites is 1. The Labute approximate surface area is 193 Å². The molecule has 0 saturated heterocycles. The van der Waals surface area contributed by atoms with E-state index in [0.717, 1.165) is 28.6 Å². The zero-order valence-electron chi connectivity index (χ0n) is 17.7. The number of nitrogen functional groups attached to an aromatic ring is 1. The number of benzene rings is 2. The van der Waals surface area contributed by atoms with Crippen molar-refractivity contribution in [1.29, 1.82) is 0 Å². The number of nitrogens with one attached hydrogen (secondary N) is 1. The number of anilines is 1. The van der Waals surface area contributed by atoms with Gasteiger partial charge in [-0.2, -0.15) is 8.78 Å². The summed E-state index contributed by atoms with van der Waals surface area (Å²) in [5, 5.41) is 10.7. The summed E-state index contributed by atoms with van der Waals surface area (Å²) in [6.45, 7) is 5.77. The molecule has 32 heavy (non-hydrogen) atoms. The van der Waals surface area contributed by atoms with Crippen molar-refractivity contribution in [1.82, 2.24) is 14.9 Å². The molecule has 0 aliphatic heterocycles. The quantitative estimate of drug-likeness (QED) is 0.341. The van der Waals surface area contributed by atoms with Gasteiger partial charge in [0.25, 0.3) is 5.76 Å². The first-order valence-electron chi connectivity index (χ1n) is 9.65. The molecule has 0 aliphatic rings. The number of amides is 1. The summed E-state index contributed by atoms with van der Waals surface area (Å²) in [4.78, 5) is 12.9. The van der Waals surface area contributed by atoms with Gasteiger partial charge in [-0.1, -0.05) is 41.7 Å². The second kappa shape index (κ2) is 10.7. The number of rotatable bonds is 9. The van der Waals surface area contributed by atoms with E-state index in [1.807, 2.05) is 32.0 Å². The number of thioether (sulfide) groups is 2. The summed E-state index contributed by atoms with van der Waals surface area (Å²) in [7, 11) is 0. The third kappa shape index (κ3) is 6.13. The summed E-state index contributed by atoms with van der Waals surface area (Å²) >= 11 is 1.60. The summed E-state index contributed by atoms with van der Waals surface area (Å²) in [6.07, 6.45) is 0. The number of hydrogen-bond donors (Lipinski definition) is 2. The van der Waals surface area contributed by atoms with Gasteiger partial charge in [0.1, 0.15) is 12.4 Å². The van der Waals surface area contributed by atoms with Crippen molar-refractivity contribution in [2.45, 2.75) is 48.4 Å². The van der Waals surface area contributed by atoms with E-state index in [2.05, 4.69) is 15.5 Å². The Hall–Kier alpha value is -2.79. The van der Waals surface area contributed by atoms with Gasteiger partial charge < -0.3 is 15.9 Å². The van der Waals surface area contributed by atoms with E-state index in [9.17, 15) is 13.6 Å². The first kappa shape index (κ1) is 23.9. The van der Waals surface area contributed by atoms with E-state index < -0.39 is 11.0 Å². The van der Waals surface area contributed by atoms with Crippen LogP contribution in [-0.2, 0) is 11.4 Å². The van der Waals surface area contributed by atoms with Crippen LogP contribution in [0.3, 0.4) is 0 Å². The van der Waals surface area contributed by atoms with Crippen LogP contribution in [0.1, 0.15) is 23.9 Å². The second-order valence-corrected chi connectivity index (χ2v) is 9.30. The van der Waals surface area contributed by atoms with Crippen molar-refractivity contribution in [2.75, 3.05) is 11.2 Å². The van der Waals surface area contributed by atoms with Crippen molar-refractivity contribution in [3.05, 3.63) is 59.4 Å². The molecule has 3 aromatic rings. The van der Waals surface area contributed by atoms with E-state index in [-0.39, 0.29) is 12.5 Å². The Balaban J connectivity index is 1.57. The van der Waals surface area contributed by atoms with Gasteiger partial charge in [-0.15, -0.1) is 10.2 Å². The number of halogens is 2. The van der Waals surface area contributed by atoms with Crippen molar-refractivity contribution >= 4 is 35.1 Å². The molecule has 3 N–H and O–H groups in total. The average Bonchev–Trinajstić information content (AvgIpc) is 3.08. The lowest BCUT2D eigenvalue weighted by Gasteiger charge is -2.13. The van der Waals surface area contributed by atoms with Crippen molar-refractivity contribution in [3.63, 3.8) is 0 Å². The Morgan fingerprint density at radius 2 is 1.78 bits per heavy atom. The highest BCUT2D eigenvalue weighted by Gasteiger charge is 2.20. The highest BCUT2D eigenvalue weighted by molar-refractivity contribution is 8.00. The van der Waals surface area contributed by atoms with Crippen LogP contribution in [0.4, 0.5) is 14.5 Å². The number of aromatic nitrogens is 3. The molecule has 0 bridgehead atoms. The standard InChI is InChI=1S/C21H23F2N5O2S2/c1-12-5-4-6-13(2)18(12)30-11-17-26-27-21(28(17)24)31-14(3)19(29)25-15-7-9-16(10-8-15)32-20(22)23/h4-10,14,20H,11,24H2,1-3H3,(H,25,29). The van der Waals surface area contributed by atoms with E-state index in [1.54, 1.807) is 19.1 Å². The van der Waals surface area contributed by atoms with Gasteiger partial charge in [0.05, 0.1) is 5.25 Å². The molecule has 2 aromatic carbocycles. The molecule has 1 heterocycles. The lowest BCUT2D eigenvalue weighted by atomic mass is 10.1. The second-order valence-electron chi connectivity index (χ2n) is 6.93. The van der Waals surface area contributed by atoms with Crippen LogP contribution >= 0.6 is 23.5 Å². The molecule has 0 aliphatic carbocycles. The third-order valence-electron chi connectivity index (χ3n) is 4.49. The number of nitrogens with two attached hydrogens (primary N) is 1. The maximum Gasteiger partial charge on any atom is 0.288 e. The number of carbonyl (C=O) groups is 1. The average molecular weight is 480 g/mol. The maximum atomic E-state index is 12.5. The number of nitrogens with zero attached hydrogens (tertiary/aromatic N) is 3. The summed E-state index contributed by atoms with van der Waals surface area (Å²) < 4.78 is 32.0. The lowest BCUT2D eigenvalue weighted by Crippen LogP contribution is -2.24. The van der Waals surface area contributed by atoms with Gasteiger partial charge in [0, 0.05) is 10.6 Å². The molecular formula is C21H23F2N5O2S2. The lowest BCUT2D eigenvalue weighted by molar-refractivity contribution is -0.115. The molecule has 1 amide bonds. The minimum absolute atomic E-state index is 0.138. The van der Waals surface area contributed by atoms with E-state index in [4.69, 9.17) is 10.6 Å². The normalized spacial score (nSPS) is 12.1. The van der Waals surface area contributed by atoms with Gasteiger partial charge in [-0.3, -0.25) is 4.79 Å². The smallest absolute Gasteiger partial charge is 0.288 e. The van der Waals surface area contributed by atoms with Gasteiger partial charge in [0.2, 0.25) is 11.1 Å². The minimum Gasteiger partial charge on any atom is -0.485 e. The monoisotopic (exact) mass is 479 g/mol. The fraction of sp³-hybridized carbons (Fsp3) is 0.286. The number of carbonyl (C=O) groups excluding carboxylic acids is 1. The Morgan fingerprint density at radius 3 is 2.41 bits per heavy atom. The van der Waals surface area contributed by atoms with Crippen LogP contribution in [0, 0.1) is 13.8 Å². The summed E-state index contributed by atoms with van der Waals surface area (Å²) in [5.74, 6) is 4.53. The van der Waals surface area contributed by atoms with Gasteiger partial charge in [0.15, 0.2) is 5.82 Å². The van der Waals surface area contributed by atoms with Crippen molar-refractivity contribution in [2.24, 2.45) is 0 Å². The topological polar surface area (TPSA) is 95.1 Å². The summed E-state index contributed by atoms with van der Waals surface area (Å²) in [5.41, 5.74) is 2.53. The van der Waals surface area contributed by atoms with E-state index in [0.29, 0.717) is 33.3 Å². The molecule has 170 valence electrons. The molecule has 7 nitrogen and oxygen atoms in total. The predicted molar refractivity (Wildman–Crippen MR) is 123 cm³/mol. The molecule has 1 unspecified atom stereocenters. The number of aryl methyl sites for hydroxylation is 2. The number of ether oxygens (including phenoxy) is 1. The van der Waals surface area contributed by atoms with Crippen LogP contribution < -0.4 is 15.9 Å². The molecule has 1 aromatic heterocycles. The van der Waals surface area contributed by atoms with Crippen LogP contribution in [-0.4, -0.2) is 31.8 Å². The maximum absolute atomic E-state index is 12.5. The van der Waals surface area contributed by atoms with Crippen molar-refractivity contribution in [3.8, 4) is 5.75 Å². The predicted octanol–water partition coefficient (Wildman–Crippen LogP) is 4.62. The zero-order valence-corrected chi connectivity index (χ0v) is 19.3. The fourth-order valence-corrected chi connectivity index (χ4v) is 4.11. The molecule has 0 saturated carbocycles. The first-order chi connectivity index (χ1) is 15.2. The number of hydrogen-bond acceptors (Lipinski definition) is 7. The summed E-state index contributed by atoms with van der Waals surface area (Å²) in [6, 6.07) is 12.1. The molecule has 3 rings (SSSR count). The largest absolute Gasteiger partial charge is 0.485 e. The number of alkyl halides is 2. The molecule has 0 spiro atoms. The minimum atomic E-state index is -2.49. The zero-order chi connectivity index (χ0) is 23.3. The highest BCUT2D eigenvalue weighted by Crippen LogP contribution is 2.27. The van der Waals surface area contributed by atoms with Crippen molar-refractivity contribution < 1.29 is 18.3 Å². The first-order valence-corrected chi connectivity index (χ1v) is 11.4. The van der Waals surface area contributed by atoms with Crippen LogP contribution in [0.5, 0.6) is 5.75 Å². The third-order valence-corrected chi connectivity index (χ3v) is 6.27. The van der Waals surface area contributed by atoms with E-state index in [1.165, 1.54) is 16.8 Å². The van der Waals surface area contributed by atoms with Gasteiger partial charge >= 0.3 is 0 Å². The molecule has 0 fully saturated rings. The van der Waals surface area contributed by atoms with Crippen LogP contribution in [0.25, 0.3) is 0 Å². The Morgan fingerprint density at radius 1 is 1.12 bits per heavy atom. The molecule has 1 atom stereocenters. The Kier molecular flexibility index (Phi) is 7.97.